The summed E-state index contributed by atoms with van der Waals surface area (Å²) in [6.45, 7) is 0. The van der Waals surface area contributed by atoms with Crippen LogP contribution in [0.5, 0.6) is 0 Å². The van der Waals surface area contributed by atoms with Crippen molar-refractivity contribution in [2.75, 3.05) is 5.43 Å². The molecule has 0 aliphatic heterocycles. The first-order valence-electron chi connectivity index (χ1n) is 8.55. The molecule has 0 spiro atoms. The largest absolute Gasteiger partial charge is 0.278 e. The van der Waals surface area contributed by atoms with Crippen LogP contribution in [-0.2, 0) is 0 Å². The van der Waals surface area contributed by atoms with Gasteiger partial charge in [-0.15, -0.1) is 0 Å². The van der Waals surface area contributed by atoms with E-state index in [1.54, 1.807) is 0 Å². The number of nitrogens with one attached hydrogen (secondary N) is 1. The van der Waals surface area contributed by atoms with Gasteiger partial charge in [0.15, 0.2) is 0 Å². The van der Waals surface area contributed by atoms with E-state index in [1.807, 2.05) is 30.3 Å². The highest BCUT2D eigenvalue weighted by molar-refractivity contribution is 6.04. The number of rotatable bonds is 3. The molecule has 1 saturated carbocycles. The van der Waals surface area contributed by atoms with Crippen LogP contribution in [0.2, 0.25) is 0 Å². The van der Waals surface area contributed by atoms with Crippen LogP contribution in [0.3, 0.4) is 0 Å². The summed E-state index contributed by atoms with van der Waals surface area (Å²) in [5.74, 6) is 0. The Labute approximate surface area is 138 Å². The number of para-hydroxylation sites is 1. The third kappa shape index (κ3) is 4.82. The predicted molar refractivity (Wildman–Crippen MR) is 99.6 cm³/mol. The van der Waals surface area contributed by atoms with Crippen LogP contribution >= 0.6 is 0 Å². The number of allylic oxidation sites excluding steroid dienone is 1. The molecular weight excluding hydrogens is 280 g/mol. The van der Waals surface area contributed by atoms with Gasteiger partial charge in [-0.2, -0.15) is 5.10 Å². The van der Waals surface area contributed by atoms with Gasteiger partial charge in [0.1, 0.15) is 0 Å². The van der Waals surface area contributed by atoms with Gasteiger partial charge >= 0.3 is 0 Å². The van der Waals surface area contributed by atoms with E-state index < -0.39 is 0 Å². The van der Waals surface area contributed by atoms with Crippen LogP contribution in [0.25, 0.3) is 6.08 Å². The number of hydrogen-bond acceptors (Lipinski definition) is 2. The maximum Gasteiger partial charge on any atom is 0.0639 e. The monoisotopic (exact) mass is 304 g/mol. The molecule has 0 aromatic heterocycles. The SMILES string of the molecule is C(=C1\CCCCCC\C1=N/Nc1ccccc1)/c1ccccc1. The van der Waals surface area contributed by atoms with E-state index >= 15 is 0 Å². The maximum atomic E-state index is 4.73. The third-order valence-corrected chi connectivity index (χ3v) is 4.21. The van der Waals surface area contributed by atoms with Crippen molar-refractivity contribution in [3.05, 3.63) is 71.8 Å². The lowest BCUT2D eigenvalue weighted by atomic mass is 9.93. The molecule has 1 aliphatic rings. The highest BCUT2D eigenvalue weighted by atomic mass is 15.3. The summed E-state index contributed by atoms with van der Waals surface area (Å²) in [5.41, 5.74) is 8.11. The molecule has 118 valence electrons. The Balaban J connectivity index is 1.84. The lowest BCUT2D eigenvalue weighted by Crippen LogP contribution is -2.09. The van der Waals surface area contributed by atoms with Gasteiger partial charge in [0.2, 0.25) is 0 Å². The highest BCUT2D eigenvalue weighted by Gasteiger charge is 2.11. The van der Waals surface area contributed by atoms with Crippen LogP contribution in [0.4, 0.5) is 5.69 Å². The molecule has 1 fully saturated rings. The van der Waals surface area contributed by atoms with Gasteiger partial charge in [-0.05, 0) is 55.0 Å². The molecule has 0 saturated heterocycles. The molecule has 0 unspecified atom stereocenters. The standard InChI is InChI=1S/C21H24N2/c1-2-10-16-21(23-22-20-14-8-4-9-15-20)19(13-7-1)17-18-11-5-3-6-12-18/h3-6,8-9,11-12,14-15,17,22H,1-2,7,10,13,16H2/b19-17-,23-21+. The smallest absolute Gasteiger partial charge is 0.0639 e. The second kappa shape index (κ2) is 8.33. The van der Waals surface area contributed by atoms with Gasteiger partial charge in [-0.1, -0.05) is 61.4 Å². The van der Waals surface area contributed by atoms with Crippen LogP contribution < -0.4 is 5.43 Å². The Bertz CT molecular complexity index is 657. The highest BCUT2D eigenvalue weighted by Crippen LogP contribution is 2.22. The number of anilines is 1. The lowest BCUT2D eigenvalue weighted by molar-refractivity contribution is 0.640. The summed E-state index contributed by atoms with van der Waals surface area (Å²) in [7, 11) is 0. The molecule has 2 heteroatoms. The van der Waals surface area contributed by atoms with E-state index in [9.17, 15) is 0 Å². The molecule has 2 aromatic carbocycles. The van der Waals surface area contributed by atoms with E-state index in [4.69, 9.17) is 5.10 Å². The Kier molecular flexibility index (Phi) is 5.63. The molecule has 0 amide bonds. The van der Waals surface area contributed by atoms with E-state index in [1.165, 1.54) is 42.5 Å². The molecule has 1 aliphatic carbocycles. The first-order chi connectivity index (χ1) is 11.4. The molecule has 2 nitrogen and oxygen atoms in total. The Morgan fingerprint density at radius 3 is 2.13 bits per heavy atom. The lowest BCUT2D eigenvalue weighted by Gasteiger charge is -2.15. The fraction of sp³-hybridized carbons (Fsp3) is 0.286. The van der Waals surface area contributed by atoms with Crippen molar-refractivity contribution in [3.63, 3.8) is 0 Å². The zero-order valence-corrected chi connectivity index (χ0v) is 13.5. The van der Waals surface area contributed by atoms with Crippen molar-refractivity contribution in [1.29, 1.82) is 0 Å². The summed E-state index contributed by atoms with van der Waals surface area (Å²) >= 11 is 0. The van der Waals surface area contributed by atoms with Crippen LogP contribution in [0.15, 0.2) is 71.3 Å². The Morgan fingerprint density at radius 2 is 1.39 bits per heavy atom. The molecule has 0 atom stereocenters. The quantitative estimate of drug-likeness (QED) is 0.702. The Morgan fingerprint density at radius 1 is 0.739 bits per heavy atom. The minimum atomic E-state index is 1.04. The van der Waals surface area contributed by atoms with Gasteiger partial charge in [0.25, 0.3) is 0 Å². The summed E-state index contributed by atoms with van der Waals surface area (Å²) in [6, 6.07) is 20.7. The fourth-order valence-electron chi connectivity index (χ4n) is 2.94. The van der Waals surface area contributed by atoms with E-state index in [0.717, 1.165) is 18.5 Å². The summed E-state index contributed by atoms with van der Waals surface area (Å²) in [6.07, 6.45) is 9.58. The first kappa shape index (κ1) is 15.5. The Hall–Kier alpha value is -2.35. The van der Waals surface area contributed by atoms with Gasteiger partial charge in [0.05, 0.1) is 11.4 Å². The fourth-order valence-corrected chi connectivity index (χ4v) is 2.94. The molecule has 3 rings (SSSR count). The molecule has 23 heavy (non-hydrogen) atoms. The van der Waals surface area contributed by atoms with Crippen molar-refractivity contribution in [2.45, 2.75) is 38.5 Å². The average Bonchev–Trinajstić information content (AvgIpc) is 2.59. The summed E-state index contributed by atoms with van der Waals surface area (Å²) in [4.78, 5) is 0. The second-order valence-corrected chi connectivity index (χ2v) is 6.03. The third-order valence-electron chi connectivity index (χ3n) is 4.21. The summed E-state index contributed by atoms with van der Waals surface area (Å²) in [5, 5.41) is 4.73. The van der Waals surface area contributed by atoms with E-state index in [0.29, 0.717) is 0 Å². The normalized spacial score (nSPS) is 19.3. The van der Waals surface area contributed by atoms with Gasteiger partial charge in [-0.25, -0.2) is 0 Å². The van der Waals surface area contributed by atoms with Crippen molar-refractivity contribution >= 4 is 17.5 Å². The predicted octanol–water partition coefficient (Wildman–Crippen LogP) is 5.89. The van der Waals surface area contributed by atoms with E-state index in [2.05, 4.69) is 41.8 Å². The average molecular weight is 304 g/mol. The van der Waals surface area contributed by atoms with Crippen molar-refractivity contribution in [1.82, 2.24) is 0 Å². The van der Waals surface area contributed by atoms with Gasteiger partial charge in [-0.3, -0.25) is 5.43 Å². The van der Waals surface area contributed by atoms with E-state index in [-0.39, 0.29) is 0 Å². The van der Waals surface area contributed by atoms with Crippen molar-refractivity contribution in [2.24, 2.45) is 5.10 Å². The first-order valence-corrected chi connectivity index (χ1v) is 8.55. The number of benzene rings is 2. The summed E-state index contributed by atoms with van der Waals surface area (Å²) < 4.78 is 0. The number of hydrazone groups is 1. The van der Waals surface area contributed by atoms with Crippen molar-refractivity contribution in [3.8, 4) is 0 Å². The number of nitrogens with zero attached hydrogens (tertiary/aromatic N) is 1. The van der Waals surface area contributed by atoms with Crippen LogP contribution in [0, 0.1) is 0 Å². The van der Waals surface area contributed by atoms with Crippen LogP contribution in [0.1, 0.15) is 44.1 Å². The molecule has 0 radical (unpaired) electrons. The molecule has 2 aromatic rings. The second-order valence-electron chi connectivity index (χ2n) is 6.03. The zero-order chi connectivity index (χ0) is 15.7. The molecule has 0 heterocycles. The molecule has 1 N–H and O–H groups in total. The zero-order valence-electron chi connectivity index (χ0n) is 13.5. The topological polar surface area (TPSA) is 24.4 Å². The minimum absolute atomic E-state index is 1.04. The molecule has 0 bridgehead atoms. The maximum absolute atomic E-state index is 4.73. The van der Waals surface area contributed by atoms with Crippen LogP contribution in [-0.4, -0.2) is 5.71 Å². The molecular formula is C21H24N2. The van der Waals surface area contributed by atoms with Crippen molar-refractivity contribution < 1.29 is 0 Å². The number of hydrogen-bond donors (Lipinski definition) is 1. The minimum Gasteiger partial charge on any atom is -0.278 e. The van der Waals surface area contributed by atoms with Gasteiger partial charge in [0, 0.05) is 0 Å². The van der Waals surface area contributed by atoms with Gasteiger partial charge < -0.3 is 0 Å².